The average Bonchev–Trinajstić information content (AvgIpc) is 2.43. The van der Waals surface area contributed by atoms with Gasteiger partial charge >= 0.3 is 0 Å². The summed E-state index contributed by atoms with van der Waals surface area (Å²) in [5.74, 6) is 0.813. The zero-order valence-electron chi connectivity index (χ0n) is 13.0. The lowest BCUT2D eigenvalue weighted by Crippen LogP contribution is -2.35. The van der Waals surface area contributed by atoms with Crippen molar-refractivity contribution in [3.05, 3.63) is 51.6 Å². The number of aromatic nitrogens is 2. The smallest absolute Gasteiger partial charge is 0.255 e. The molecule has 110 valence electrons. The van der Waals surface area contributed by atoms with Crippen LogP contribution >= 0.6 is 0 Å². The molecule has 21 heavy (non-hydrogen) atoms. The van der Waals surface area contributed by atoms with Gasteiger partial charge in [-0.15, -0.1) is 0 Å². The molecule has 1 aromatic carbocycles. The van der Waals surface area contributed by atoms with Crippen molar-refractivity contribution in [2.75, 3.05) is 0 Å². The Hall–Kier alpha value is -1.90. The molecule has 0 fully saturated rings. The maximum Gasteiger partial charge on any atom is 0.255 e. The number of unbranched alkanes of at least 4 members (excludes halogenated alkanes) is 1. The van der Waals surface area contributed by atoms with Crippen LogP contribution in [-0.2, 0) is 18.3 Å². The van der Waals surface area contributed by atoms with Crippen LogP contribution in [0.5, 0.6) is 0 Å². The molecule has 1 heterocycles. The zero-order chi connectivity index (χ0) is 15.0. The van der Waals surface area contributed by atoms with Gasteiger partial charge in [0.15, 0.2) is 0 Å². The highest BCUT2D eigenvalue weighted by Gasteiger charge is 2.34. The van der Waals surface area contributed by atoms with Gasteiger partial charge in [0, 0.05) is 23.0 Å². The number of H-pyrrole nitrogens is 1. The maximum atomic E-state index is 12.6. The summed E-state index contributed by atoms with van der Waals surface area (Å²) in [6, 6.07) is 8.31. The lowest BCUT2D eigenvalue weighted by atomic mass is 9.72. The van der Waals surface area contributed by atoms with Crippen LogP contribution < -0.4 is 5.56 Å². The predicted octanol–water partition coefficient (Wildman–Crippen LogP) is 3.61. The SMILES string of the molecule is CCCCc1nc2c(c(=O)[nH]1)C(C)(C)Cc1ccccc1-2. The average molecular weight is 282 g/mol. The van der Waals surface area contributed by atoms with Gasteiger partial charge < -0.3 is 4.98 Å². The normalized spacial score (nSPS) is 15.4. The molecule has 0 bridgehead atoms. The van der Waals surface area contributed by atoms with E-state index in [1.54, 1.807) is 0 Å². The van der Waals surface area contributed by atoms with Crippen LogP contribution in [0.3, 0.4) is 0 Å². The summed E-state index contributed by atoms with van der Waals surface area (Å²) in [5.41, 5.74) is 3.99. The number of aryl methyl sites for hydroxylation is 1. The molecule has 0 aliphatic heterocycles. The Balaban J connectivity index is 2.22. The summed E-state index contributed by atoms with van der Waals surface area (Å²) in [7, 11) is 0. The van der Waals surface area contributed by atoms with Gasteiger partial charge in [-0.25, -0.2) is 4.98 Å². The Kier molecular flexibility index (Phi) is 3.44. The molecule has 1 aromatic heterocycles. The van der Waals surface area contributed by atoms with Crippen molar-refractivity contribution in [1.29, 1.82) is 0 Å². The summed E-state index contributed by atoms with van der Waals surface area (Å²) >= 11 is 0. The molecule has 3 rings (SSSR count). The Morgan fingerprint density at radius 2 is 2.05 bits per heavy atom. The molecule has 2 aromatic rings. The lowest BCUT2D eigenvalue weighted by molar-refractivity contribution is 0.505. The monoisotopic (exact) mass is 282 g/mol. The van der Waals surface area contributed by atoms with Crippen molar-refractivity contribution in [3.8, 4) is 11.3 Å². The third kappa shape index (κ3) is 2.41. The molecule has 1 aliphatic carbocycles. The van der Waals surface area contributed by atoms with Gasteiger partial charge in [0.05, 0.1) is 5.69 Å². The second-order valence-corrected chi connectivity index (χ2v) is 6.56. The Morgan fingerprint density at radius 1 is 1.29 bits per heavy atom. The van der Waals surface area contributed by atoms with Crippen molar-refractivity contribution in [3.63, 3.8) is 0 Å². The van der Waals surface area contributed by atoms with Gasteiger partial charge in [0.25, 0.3) is 5.56 Å². The van der Waals surface area contributed by atoms with Gasteiger partial charge in [0.2, 0.25) is 0 Å². The van der Waals surface area contributed by atoms with E-state index in [0.717, 1.165) is 48.3 Å². The Labute approximate surface area is 125 Å². The van der Waals surface area contributed by atoms with Crippen LogP contribution in [0.1, 0.15) is 50.6 Å². The van der Waals surface area contributed by atoms with E-state index in [-0.39, 0.29) is 11.0 Å². The van der Waals surface area contributed by atoms with Crippen LogP contribution in [-0.4, -0.2) is 9.97 Å². The van der Waals surface area contributed by atoms with Gasteiger partial charge in [-0.1, -0.05) is 51.5 Å². The second-order valence-electron chi connectivity index (χ2n) is 6.56. The van der Waals surface area contributed by atoms with Crippen LogP contribution in [0.25, 0.3) is 11.3 Å². The first-order chi connectivity index (χ1) is 10.0. The number of rotatable bonds is 3. The highest BCUT2D eigenvalue weighted by Crippen LogP contribution is 2.39. The third-order valence-corrected chi connectivity index (χ3v) is 4.32. The topological polar surface area (TPSA) is 45.8 Å². The van der Waals surface area contributed by atoms with E-state index in [4.69, 9.17) is 4.98 Å². The first-order valence-corrected chi connectivity index (χ1v) is 7.75. The lowest BCUT2D eigenvalue weighted by Gasteiger charge is -2.32. The Morgan fingerprint density at radius 3 is 2.81 bits per heavy atom. The van der Waals surface area contributed by atoms with Gasteiger partial charge in [-0.2, -0.15) is 0 Å². The first kappa shape index (κ1) is 14.1. The first-order valence-electron chi connectivity index (χ1n) is 7.75. The molecule has 0 saturated carbocycles. The third-order valence-electron chi connectivity index (χ3n) is 4.32. The summed E-state index contributed by atoms with van der Waals surface area (Å²) in [5, 5.41) is 0. The largest absolute Gasteiger partial charge is 0.310 e. The molecule has 1 N–H and O–H groups in total. The van der Waals surface area contributed by atoms with Crippen LogP contribution in [0, 0.1) is 0 Å². The highest BCUT2D eigenvalue weighted by molar-refractivity contribution is 5.71. The summed E-state index contributed by atoms with van der Waals surface area (Å²) in [6.07, 6.45) is 3.87. The van der Waals surface area contributed by atoms with E-state index in [2.05, 4.69) is 44.0 Å². The molecule has 0 atom stereocenters. The van der Waals surface area contributed by atoms with Crippen molar-refractivity contribution < 1.29 is 0 Å². The number of benzene rings is 1. The maximum absolute atomic E-state index is 12.6. The minimum absolute atomic E-state index is 0.0330. The van der Waals surface area contributed by atoms with Crippen molar-refractivity contribution >= 4 is 0 Å². The number of nitrogens with one attached hydrogen (secondary N) is 1. The summed E-state index contributed by atoms with van der Waals surface area (Å²) in [4.78, 5) is 20.4. The predicted molar refractivity (Wildman–Crippen MR) is 85.6 cm³/mol. The van der Waals surface area contributed by atoms with Gasteiger partial charge in [-0.3, -0.25) is 4.79 Å². The van der Waals surface area contributed by atoms with Crippen molar-refractivity contribution in [2.24, 2.45) is 0 Å². The molecule has 3 nitrogen and oxygen atoms in total. The number of fused-ring (bicyclic) bond motifs is 3. The highest BCUT2D eigenvalue weighted by atomic mass is 16.1. The molecule has 0 saturated heterocycles. The van der Waals surface area contributed by atoms with Crippen LogP contribution in [0.15, 0.2) is 29.1 Å². The van der Waals surface area contributed by atoms with Crippen molar-refractivity contribution in [1.82, 2.24) is 9.97 Å². The van der Waals surface area contributed by atoms with E-state index < -0.39 is 0 Å². The fourth-order valence-electron chi connectivity index (χ4n) is 3.28. The van der Waals surface area contributed by atoms with E-state index in [1.807, 2.05) is 6.07 Å². The standard InChI is InChI=1S/C18H22N2O/c1-4-5-10-14-19-16-13-9-7-6-8-12(13)11-18(2,3)15(16)17(21)20-14/h6-9H,4-5,10-11H2,1-3H3,(H,19,20,21). The summed E-state index contributed by atoms with van der Waals surface area (Å²) in [6.45, 7) is 6.41. The fraction of sp³-hybridized carbons (Fsp3) is 0.444. The quantitative estimate of drug-likeness (QED) is 0.934. The molecule has 1 aliphatic rings. The number of nitrogens with zero attached hydrogens (tertiary/aromatic N) is 1. The second kappa shape index (κ2) is 5.14. The molecule has 3 heteroatoms. The van der Waals surface area contributed by atoms with Gasteiger partial charge in [0.1, 0.15) is 5.82 Å². The van der Waals surface area contributed by atoms with Gasteiger partial charge in [-0.05, 0) is 18.4 Å². The molecular weight excluding hydrogens is 260 g/mol. The van der Waals surface area contributed by atoms with E-state index in [1.165, 1.54) is 5.56 Å². The van der Waals surface area contributed by atoms with Crippen molar-refractivity contribution in [2.45, 2.75) is 51.9 Å². The van der Waals surface area contributed by atoms with Crippen LogP contribution in [0.2, 0.25) is 0 Å². The molecule has 0 spiro atoms. The molecule has 0 radical (unpaired) electrons. The fourth-order valence-corrected chi connectivity index (χ4v) is 3.28. The molecule has 0 amide bonds. The summed E-state index contributed by atoms with van der Waals surface area (Å²) < 4.78 is 0. The van der Waals surface area contributed by atoms with Crippen LogP contribution in [0.4, 0.5) is 0 Å². The zero-order valence-corrected chi connectivity index (χ0v) is 13.0. The molecular formula is C18H22N2O. The van der Waals surface area contributed by atoms with E-state index >= 15 is 0 Å². The van der Waals surface area contributed by atoms with E-state index in [0.29, 0.717) is 0 Å². The van der Waals surface area contributed by atoms with E-state index in [9.17, 15) is 4.79 Å². The minimum Gasteiger partial charge on any atom is -0.310 e. The number of hydrogen-bond donors (Lipinski definition) is 1. The Bertz CT molecular complexity index is 728. The molecule has 0 unspecified atom stereocenters. The number of aromatic amines is 1. The minimum atomic E-state index is -0.173. The number of hydrogen-bond acceptors (Lipinski definition) is 2.